The fraction of sp³-hybridized carbons (Fsp3) is 0.200. The van der Waals surface area contributed by atoms with Crippen LogP contribution in [-0.4, -0.2) is 32.3 Å². The number of rotatable bonds is 2. The number of para-hydroxylation sites is 3. The van der Waals surface area contributed by atoms with Crippen LogP contribution in [0.4, 0.5) is 0 Å². The van der Waals surface area contributed by atoms with Crippen LogP contribution in [0.3, 0.4) is 0 Å². The molecule has 1 amide bonds. The molecule has 4 aromatic rings. The summed E-state index contributed by atoms with van der Waals surface area (Å²) in [5.74, 6) is -0.0648. The Hall–Kier alpha value is -2.86. The highest BCUT2D eigenvalue weighted by Crippen LogP contribution is 2.37. The maximum absolute atomic E-state index is 13.1. The molecule has 0 saturated carbocycles. The number of hydrogen-bond acceptors (Lipinski definition) is 5. The molecule has 0 spiro atoms. The summed E-state index contributed by atoms with van der Waals surface area (Å²) in [6.45, 7) is 0.730. The van der Waals surface area contributed by atoms with Crippen LogP contribution < -0.4 is 0 Å². The number of aromatic nitrogens is 3. The Morgan fingerprint density at radius 3 is 2.62 bits per heavy atom. The zero-order valence-corrected chi connectivity index (χ0v) is 14.8. The number of benzene rings is 2. The molecule has 2 aromatic heterocycles. The number of thiazole rings is 1. The zero-order valence-electron chi connectivity index (χ0n) is 14.0. The van der Waals surface area contributed by atoms with Crippen molar-refractivity contribution in [1.82, 2.24) is 19.9 Å². The Balaban J connectivity index is 1.49. The second kappa shape index (κ2) is 6.14. The minimum atomic E-state index is -0.0648. The minimum absolute atomic E-state index is 0.0215. The van der Waals surface area contributed by atoms with Gasteiger partial charge in [0.2, 0.25) is 0 Å². The number of fused-ring (bicyclic) bond motifs is 2. The van der Waals surface area contributed by atoms with Crippen molar-refractivity contribution in [3.63, 3.8) is 0 Å². The molecule has 1 saturated heterocycles. The van der Waals surface area contributed by atoms with Crippen molar-refractivity contribution in [1.29, 1.82) is 0 Å². The van der Waals surface area contributed by atoms with Crippen molar-refractivity contribution < 1.29 is 4.79 Å². The van der Waals surface area contributed by atoms with Gasteiger partial charge in [0, 0.05) is 6.54 Å². The lowest BCUT2D eigenvalue weighted by Gasteiger charge is -2.22. The van der Waals surface area contributed by atoms with Crippen LogP contribution in [-0.2, 0) is 0 Å². The molecule has 0 radical (unpaired) electrons. The summed E-state index contributed by atoms with van der Waals surface area (Å²) >= 11 is 1.67. The molecule has 26 heavy (non-hydrogen) atoms. The summed E-state index contributed by atoms with van der Waals surface area (Å²) in [6, 6.07) is 15.7. The molecule has 2 aromatic carbocycles. The number of likely N-dealkylation sites (tertiary alicyclic amines) is 1. The van der Waals surface area contributed by atoms with Gasteiger partial charge in [-0.25, -0.2) is 9.97 Å². The standard InChI is InChI=1S/C20H16N4OS/c25-20(16-12-21-13-6-1-2-7-14(13)22-16)24-11-5-9-17(24)19-23-15-8-3-4-10-18(15)26-19/h1-4,6-8,10,12,17H,5,9,11H2/t17-/m0/s1. The fourth-order valence-corrected chi connectivity index (χ4v) is 4.62. The van der Waals surface area contributed by atoms with Crippen LogP contribution in [0, 0.1) is 0 Å². The highest BCUT2D eigenvalue weighted by molar-refractivity contribution is 7.18. The summed E-state index contributed by atoms with van der Waals surface area (Å²) in [5, 5.41) is 1.01. The van der Waals surface area contributed by atoms with E-state index in [1.54, 1.807) is 17.5 Å². The Bertz CT molecular complexity index is 1090. The molecule has 6 heteroatoms. The molecular weight excluding hydrogens is 344 g/mol. The van der Waals surface area contributed by atoms with Crippen LogP contribution >= 0.6 is 11.3 Å². The van der Waals surface area contributed by atoms with E-state index in [-0.39, 0.29) is 11.9 Å². The second-order valence-corrected chi connectivity index (χ2v) is 7.48. The van der Waals surface area contributed by atoms with Gasteiger partial charge in [0.15, 0.2) is 0 Å². The maximum Gasteiger partial charge on any atom is 0.274 e. The van der Waals surface area contributed by atoms with Crippen molar-refractivity contribution in [2.75, 3.05) is 6.54 Å². The lowest BCUT2D eigenvalue weighted by Crippen LogP contribution is -2.31. The van der Waals surface area contributed by atoms with Crippen molar-refractivity contribution in [3.8, 4) is 0 Å². The Morgan fingerprint density at radius 1 is 1.00 bits per heavy atom. The quantitative estimate of drug-likeness (QED) is 0.537. The first kappa shape index (κ1) is 15.4. The van der Waals surface area contributed by atoms with Gasteiger partial charge in [0.25, 0.3) is 5.91 Å². The maximum atomic E-state index is 13.1. The van der Waals surface area contributed by atoms with E-state index < -0.39 is 0 Å². The molecule has 1 atom stereocenters. The number of carbonyl (C=O) groups excluding carboxylic acids is 1. The van der Waals surface area contributed by atoms with Gasteiger partial charge in [-0.2, -0.15) is 0 Å². The molecule has 1 aliphatic rings. The van der Waals surface area contributed by atoms with Gasteiger partial charge >= 0.3 is 0 Å². The number of carbonyl (C=O) groups is 1. The number of hydrogen-bond donors (Lipinski definition) is 0. The van der Waals surface area contributed by atoms with Gasteiger partial charge in [-0.05, 0) is 37.1 Å². The van der Waals surface area contributed by atoms with Crippen LogP contribution in [0.2, 0.25) is 0 Å². The van der Waals surface area contributed by atoms with Crippen LogP contribution in [0.1, 0.15) is 34.4 Å². The predicted molar refractivity (Wildman–Crippen MR) is 102 cm³/mol. The molecule has 0 N–H and O–H groups in total. The zero-order chi connectivity index (χ0) is 17.5. The van der Waals surface area contributed by atoms with E-state index >= 15 is 0 Å². The van der Waals surface area contributed by atoms with E-state index in [1.807, 2.05) is 47.4 Å². The van der Waals surface area contributed by atoms with Gasteiger partial charge in [-0.1, -0.05) is 24.3 Å². The molecule has 3 heterocycles. The predicted octanol–water partition coefficient (Wildman–Crippen LogP) is 4.22. The first-order valence-electron chi connectivity index (χ1n) is 8.68. The molecule has 0 bridgehead atoms. The van der Waals surface area contributed by atoms with Crippen LogP contribution in [0.25, 0.3) is 21.3 Å². The molecular formula is C20H16N4OS. The lowest BCUT2D eigenvalue weighted by molar-refractivity contribution is 0.0729. The van der Waals surface area contributed by atoms with E-state index in [2.05, 4.69) is 16.0 Å². The average molecular weight is 360 g/mol. The smallest absolute Gasteiger partial charge is 0.274 e. The highest BCUT2D eigenvalue weighted by atomic mass is 32.1. The Labute approximate surface area is 154 Å². The molecule has 5 nitrogen and oxygen atoms in total. The molecule has 5 rings (SSSR count). The summed E-state index contributed by atoms with van der Waals surface area (Å²) in [7, 11) is 0. The first-order chi connectivity index (χ1) is 12.8. The monoisotopic (exact) mass is 360 g/mol. The van der Waals surface area contributed by atoms with Crippen LogP contribution in [0.5, 0.6) is 0 Å². The SMILES string of the molecule is O=C(c1cnc2ccccc2n1)N1CCC[C@H]1c1nc2ccccc2s1. The second-order valence-electron chi connectivity index (χ2n) is 6.42. The molecule has 1 aliphatic heterocycles. The third kappa shape index (κ3) is 2.54. The summed E-state index contributed by atoms with van der Waals surface area (Å²) in [6.07, 6.45) is 3.50. The third-order valence-corrected chi connectivity index (χ3v) is 5.91. The summed E-state index contributed by atoms with van der Waals surface area (Å²) in [4.78, 5) is 28.7. The van der Waals surface area contributed by atoms with Crippen molar-refractivity contribution in [2.45, 2.75) is 18.9 Å². The minimum Gasteiger partial charge on any atom is -0.328 e. The van der Waals surface area contributed by atoms with E-state index in [4.69, 9.17) is 4.98 Å². The van der Waals surface area contributed by atoms with E-state index in [0.29, 0.717) is 5.69 Å². The molecule has 0 aliphatic carbocycles. The van der Waals surface area contributed by atoms with Gasteiger partial charge in [0.1, 0.15) is 10.7 Å². The highest BCUT2D eigenvalue weighted by Gasteiger charge is 2.33. The average Bonchev–Trinajstić information content (AvgIpc) is 3.33. The Kier molecular flexibility index (Phi) is 3.64. The van der Waals surface area contributed by atoms with Crippen molar-refractivity contribution >= 4 is 38.5 Å². The number of nitrogens with zero attached hydrogens (tertiary/aromatic N) is 4. The fourth-order valence-electron chi connectivity index (χ4n) is 3.51. The van der Waals surface area contributed by atoms with Gasteiger partial charge < -0.3 is 4.90 Å². The summed E-state index contributed by atoms with van der Waals surface area (Å²) in [5.41, 5.74) is 2.94. The Morgan fingerprint density at radius 2 is 1.77 bits per heavy atom. The summed E-state index contributed by atoms with van der Waals surface area (Å²) < 4.78 is 1.16. The normalized spacial score (nSPS) is 17.2. The largest absolute Gasteiger partial charge is 0.328 e. The van der Waals surface area contributed by atoms with Crippen molar-refractivity contribution in [3.05, 3.63) is 65.4 Å². The van der Waals surface area contributed by atoms with Crippen LogP contribution in [0.15, 0.2) is 54.7 Å². The van der Waals surface area contributed by atoms with Gasteiger partial charge in [-0.3, -0.25) is 9.78 Å². The van der Waals surface area contributed by atoms with Gasteiger partial charge in [0.05, 0.1) is 33.5 Å². The number of amides is 1. The van der Waals surface area contributed by atoms with E-state index in [1.165, 1.54) is 0 Å². The van der Waals surface area contributed by atoms with E-state index in [0.717, 1.165) is 45.6 Å². The molecule has 0 unspecified atom stereocenters. The topological polar surface area (TPSA) is 59.0 Å². The first-order valence-corrected chi connectivity index (χ1v) is 9.49. The van der Waals surface area contributed by atoms with Crippen molar-refractivity contribution in [2.24, 2.45) is 0 Å². The van der Waals surface area contributed by atoms with E-state index in [9.17, 15) is 4.79 Å². The van der Waals surface area contributed by atoms with Gasteiger partial charge in [-0.15, -0.1) is 11.3 Å². The molecule has 1 fully saturated rings. The molecule has 128 valence electrons. The third-order valence-electron chi connectivity index (χ3n) is 4.78. The lowest BCUT2D eigenvalue weighted by atomic mass is 10.2.